The van der Waals surface area contributed by atoms with Crippen LogP contribution in [-0.2, 0) is 14.3 Å². The molecule has 0 spiro atoms. The van der Waals surface area contributed by atoms with Crippen LogP contribution in [0, 0.1) is 23.7 Å². The number of nitrogens with one attached hydrogen (secondary N) is 2. The van der Waals surface area contributed by atoms with Gasteiger partial charge in [-0.2, -0.15) is 0 Å². The number of rotatable bonds is 20. The summed E-state index contributed by atoms with van der Waals surface area (Å²) in [7, 11) is 1.68. The maximum atomic E-state index is 13.1. The average molecular weight is 593 g/mol. The van der Waals surface area contributed by atoms with Gasteiger partial charge >= 0.3 is 0 Å². The van der Waals surface area contributed by atoms with Crippen molar-refractivity contribution in [3.63, 3.8) is 0 Å². The van der Waals surface area contributed by atoms with Crippen molar-refractivity contribution in [2.24, 2.45) is 29.4 Å². The van der Waals surface area contributed by atoms with Crippen LogP contribution in [0.25, 0.3) is 0 Å². The van der Waals surface area contributed by atoms with Crippen molar-refractivity contribution in [3.05, 3.63) is 29.8 Å². The third-order valence-corrected chi connectivity index (χ3v) is 8.14. The quantitative estimate of drug-likeness (QED) is 0.170. The molecule has 5 N–H and O–H groups in total. The van der Waals surface area contributed by atoms with Crippen LogP contribution in [-0.4, -0.2) is 100 Å². The Morgan fingerprint density at radius 3 is 2.38 bits per heavy atom. The fourth-order valence-electron chi connectivity index (χ4n) is 5.14. The number of methoxy groups -OCH3 is 1. The molecule has 42 heavy (non-hydrogen) atoms. The first-order valence-corrected chi connectivity index (χ1v) is 15.6. The summed E-state index contributed by atoms with van der Waals surface area (Å²) in [6.45, 7) is 14.4. The number of aliphatic hydroxyl groups is 1. The van der Waals surface area contributed by atoms with Crippen LogP contribution >= 0.6 is 0 Å². The summed E-state index contributed by atoms with van der Waals surface area (Å²) in [6.07, 6.45) is 1.73. The van der Waals surface area contributed by atoms with Gasteiger partial charge in [0.1, 0.15) is 5.75 Å². The van der Waals surface area contributed by atoms with E-state index >= 15 is 0 Å². The molecule has 10 heteroatoms. The van der Waals surface area contributed by atoms with Crippen LogP contribution in [0.3, 0.4) is 0 Å². The Morgan fingerprint density at radius 1 is 1.02 bits per heavy atom. The monoisotopic (exact) mass is 592 g/mol. The van der Waals surface area contributed by atoms with E-state index in [2.05, 4.69) is 29.4 Å². The van der Waals surface area contributed by atoms with E-state index in [4.69, 9.17) is 19.9 Å². The predicted octanol–water partition coefficient (Wildman–Crippen LogP) is 2.68. The van der Waals surface area contributed by atoms with Crippen molar-refractivity contribution in [2.45, 2.75) is 65.5 Å². The van der Waals surface area contributed by atoms with Crippen LogP contribution in [0.2, 0.25) is 0 Å². The van der Waals surface area contributed by atoms with E-state index in [1.165, 1.54) is 0 Å². The lowest BCUT2D eigenvalue weighted by Gasteiger charge is -2.30. The molecule has 1 heterocycles. The molecule has 0 saturated carbocycles. The van der Waals surface area contributed by atoms with Gasteiger partial charge in [0.25, 0.3) is 5.91 Å². The van der Waals surface area contributed by atoms with E-state index in [9.17, 15) is 14.7 Å². The van der Waals surface area contributed by atoms with E-state index in [0.29, 0.717) is 50.5 Å². The average Bonchev–Trinajstić information content (AvgIpc) is 2.97. The van der Waals surface area contributed by atoms with E-state index < -0.39 is 12.1 Å². The number of unbranched alkanes of at least 4 members (excludes halogenated alkanes) is 1. The SMILES string of the molecule is COCCCCOc1ccccc1C(=O)NCC(CC(N)C(O)CC(C(=O)NCCN1CCOCC1)C(C)C)C(C)C. The second kappa shape index (κ2) is 19.9. The van der Waals surface area contributed by atoms with Crippen molar-refractivity contribution < 1.29 is 28.9 Å². The first-order chi connectivity index (χ1) is 20.1. The van der Waals surface area contributed by atoms with Crippen LogP contribution < -0.4 is 21.1 Å². The minimum absolute atomic E-state index is 0.0447. The number of morpholine rings is 1. The molecular formula is C32H56N4O6. The summed E-state index contributed by atoms with van der Waals surface area (Å²) in [5.74, 6) is 0.341. The van der Waals surface area contributed by atoms with Crippen molar-refractivity contribution >= 4 is 11.8 Å². The standard InChI is InChI=1S/C32H56N4O6/c1-23(2)25(22-35-31(38)26-10-6-7-11-30(26)42-17-9-8-16-40-5)20-28(33)29(37)21-27(24(3)4)32(39)34-12-13-36-14-18-41-19-15-36/h6-7,10-11,23-25,27-29,37H,8-9,12-22,33H2,1-5H3,(H,34,39)(H,35,38). The number of benzene rings is 1. The summed E-state index contributed by atoms with van der Waals surface area (Å²) in [5, 5.41) is 17.1. The number of carbonyl (C=O) groups excluding carboxylic acids is 2. The third kappa shape index (κ3) is 13.0. The second-order valence-corrected chi connectivity index (χ2v) is 12.1. The fourth-order valence-corrected chi connectivity index (χ4v) is 5.14. The summed E-state index contributed by atoms with van der Waals surface area (Å²) in [6, 6.07) is 6.73. The van der Waals surface area contributed by atoms with Gasteiger partial charge in [-0.25, -0.2) is 0 Å². The summed E-state index contributed by atoms with van der Waals surface area (Å²) in [4.78, 5) is 28.4. The number of amides is 2. The van der Waals surface area contributed by atoms with Gasteiger partial charge in [0, 0.05) is 58.4 Å². The minimum Gasteiger partial charge on any atom is -0.493 e. The van der Waals surface area contributed by atoms with Gasteiger partial charge in [-0.15, -0.1) is 0 Å². The lowest BCUT2D eigenvalue weighted by Crippen LogP contribution is -2.45. The van der Waals surface area contributed by atoms with E-state index in [1.807, 2.05) is 26.0 Å². The zero-order valence-corrected chi connectivity index (χ0v) is 26.5. The normalized spacial score (nSPS) is 17.1. The molecule has 2 amide bonds. The highest BCUT2D eigenvalue weighted by Gasteiger charge is 2.30. The van der Waals surface area contributed by atoms with Gasteiger partial charge in [0.2, 0.25) is 5.91 Å². The molecule has 1 saturated heterocycles. The number of hydrogen-bond acceptors (Lipinski definition) is 8. The Hall–Kier alpha value is -2.24. The number of nitrogens with two attached hydrogens (primary N) is 1. The third-order valence-electron chi connectivity index (χ3n) is 8.14. The molecule has 240 valence electrons. The number of ether oxygens (including phenoxy) is 3. The molecule has 1 fully saturated rings. The highest BCUT2D eigenvalue weighted by molar-refractivity contribution is 5.96. The van der Waals surface area contributed by atoms with Gasteiger partial charge in [0.15, 0.2) is 0 Å². The Morgan fingerprint density at radius 2 is 1.71 bits per heavy atom. The number of aliphatic hydroxyl groups excluding tert-OH is 1. The van der Waals surface area contributed by atoms with E-state index in [1.54, 1.807) is 19.2 Å². The van der Waals surface area contributed by atoms with Gasteiger partial charge < -0.3 is 35.7 Å². The summed E-state index contributed by atoms with van der Waals surface area (Å²) in [5.41, 5.74) is 6.99. The Labute approximate surface area is 253 Å². The molecule has 1 aliphatic rings. The number of nitrogens with zero attached hydrogens (tertiary/aromatic N) is 1. The van der Waals surface area contributed by atoms with Gasteiger partial charge in [-0.05, 0) is 55.6 Å². The predicted molar refractivity (Wildman–Crippen MR) is 166 cm³/mol. The molecule has 0 bridgehead atoms. The van der Waals surface area contributed by atoms with Gasteiger partial charge in [0.05, 0.1) is 31.5 Å². The molecule has 4 unspecified atom stereocenters. The lowest BCUT2D eigenvalue weighted by atomic mass is 9.83. The summed E-state index contributed by atoms with van der Waals surface area (Å²) >= 11 is 0. The smallest absolute Gasteiger partial charge is 0.255 e. The maximum absolute atomic E-state index is 13.1. The molecule has 2 rings (SSSR count). The van der Waals surface area contributed by atoms with Crippen LogP contribution in [0.4, 0.5) is 0 Å². The van der Waals surface area contributed by atoms with Gasteiger partial charge in [-0.3, -0.25) is 14.5 Å². The van der Waals surface area contributed by atoms with Crippen LogP contribution in [0.1, 0.15) is 63.7 Å². The Kier molecular flexibility index (Phi) is 17.0. The van der Waals surface area contributed by atoms with Crippen LogP contribution in [0.5, 0.6) is 5.75 Å². The molecular weight excluding hydrogens is 536 g/mol. The van der Waals surface area contributed by atoms with Crippen molar-refractivity contribution in [2.75, 3.05) is 66.3 Å². The largest absolute Gasteiger partial charge is 0.493 e. The fraction of sp³-hybridized carbons (Fsp3) is 0.750. The number of para-hydroxylation sites is 1. The first kappa shape index (κ1) is 36.0. The summed E-state index contributed by atoms with van der Waals surface area (Å²) < 4.78 is 16.3. The molecule has 0 radical (unpaired) electrons. The Bertz CT molecular complexity index is 909. The zero-order valence-electron chi connectivity index (χ0n) is 26.5. The highest BCUT2D eigenvalue weighted by atomic mass is 16.5. The van der Waals surface area contributed by atoms with Crippen molar-refractivity contribution in [3.8, 4) is 5.75 Å². The highest BCUT2D eigenvalue weighted by Crippen LogP contribution is 2.24. The molecule has 1 aromatic carbocycles. The van der Waals surface area contributed by atoms with Crippen molar-refractivity contribution in [1.29, 1.82) is 0 Å². The minimum atomic E-state index is -0.827. The Balaban J connectivity index is 1.87. The molecule has 0 aliphatic carbocycles. The zero-order chi connectivity index (χ0) is 30.9. The van der Waals surface area contributed by atoms with Gasteiger partial charge in [-0.1, -0.05) is 39.8 Å². The lowest BCUT2D eigenvalue weighted by molar-refractivity contribution is -0.127. The van der Waals surface area contributed by atoms with E-state index in [-0.39, 0.29) is 35.5 Å². The first-order valence-electron chi connectivity index (χ1n) is 15.6. The van der Waals surface area contributed by atoms with E-state index in [0.717, 1.165) is 45.7 Å². The topological polar surface area (TPSA) is 135 Å². The molecule has 0 aromatic heterocycles. The molecule has 1 aliphatic heterocycles. The number of carbonyl (C=O) groups is 2. The number of hydrogen-bond donors (Lipinski definition) is 4. The second-order valence-electron chi connectivity index (χ2n) is 12.1. The maximum Gasteiger partial charge on any atom is 0.255 e. The van der Waals surface area contributed by atoms with Crippen molar-refractivity contribution in [1.82, 2.24) is 15.5 Å². The molecule has 10 nitrogen and oxygen atoms in total. The van der Waals surface area contributed by atoms with Crippen LogP contribution in [0.15, 0.2) is 24.3 Å². The molecule has 1 aromatic rings. The molecule has 4 atom stereocenters.